The van der Waals surface area contributed by atoms with Crippen LogP contribution in [0.25, 0.3) is 0 Å². The number of aliphatic hydroxyl groups is 1. The topological polar surface area (TPSA) is 108 Å². The van der Waals surface area contributed by atoms with Crippen LogP contribution in [0.15, 0.2) is 60.8 Å². The third-order valence-corrected chi connectivity index (χ3v) is 12.0. The van der Waals surface area contributed by atoms with Gasteiger partial charge < -0.3 is 28.8 Å². The first-order chi connectivity index (χ1) is 29.5. The number of phosphoric ester groups is 1. The summed E-state index contributed by atoms with van der Waals surface area (Å²) >= 11 is 0. The van der Waals surface area contributed by atoms with Gasteiger partial charge in [0.05, 0.1) is 39.9 Å². The maximum absolute atomic E-state index is 12.9. The summed E-state index contributed by atoms with van der Waals surface area (Å²) in [6.07, 6.45) is 56.6. The highest BCUT2D eigenvalue weighted by Gasteiger charge is 2.24. The number of amides is 1. The standard InChI is InChI=1S/C52H97N2O6P/c1-6-8-10-12-14-16-18-20-21-22-23-24-25-26-27-28-29-30-31-32-33-34-36-38-40-42-44-46-52(56)53-50(49-60-61(57,58)59-48-47-54(3,4)5)51(55)45-43-41-39-37-35-19-17-15-13-11-9-7-2/h8,10,14,16,20-21,23-24,26-27,50-51,55H,6-7,9,11-13,15,17-19,22,25,28-49H2,1-5H3,(H-,53,56,57,58)/b10-8-,16-14-,21-20-,24-23-,27-26-. The number of carbonyl (C=O) groups is 1. The van der Waals surface area contributed by atoms with Crippen molar-refractivity contribution in [2.45, 2.75) is 225 Å². The minimum absolute atomic E-state index is 0.00962. The summed E-state index contributed by atoms with van der Waals surface area (Å²) in [6.45, 7) is 4.59. The van der Waals surface area contributed by atoms with Gasteiger partial charge in [0.1, 0.15) is 13.2 Å². The number of nitrogens with one attached hydrogen (secondary N) is 1. The molecule has 0 aromatic carbocycles. The zero-order valence-electron chi connectivity index (χ0n) is 40.4. The van der Waals surface area contributed by atoms with Gasteiger partial charge in [-0.1, -0.05) is 209 Å². The molecule has 0 bridgehead atoms. The van der Waals surface area contributed by atoms with E-state index < -0.39 is 20.0 Å². The average molecular weight is 877 g/mol. The van der Waals surface area contributed by atoms with Crippen LogP contribution in [0.3, 0.4) is 0 Å². The first-order valence-corrected chi connectivity index (χ1v) is 26.6. The fraction of sp³-hybridized carbons (Fsp3) is 0.788. The number of likely N-dealkylation sites (N-methyl/N-ethyl adjacent to an activating group) is 1. The van der Waals surface area contributed by atoms with Crippen molar-refractivity contribution in [1.82, 2.24) is 5.32 Å². The molecule has 3 atom stereocenters. The lowest BCUT2D eigenvalue weighted by atomic mass is 10.0. The number of nitrogens with zero attached hydrogens (tertiary/aromatic N) is 1. The Balaban J connectivity index is 4.17. The van der Waals surface area contributed by atoms with Gasteiger partial charge in [0.2, 0.25) is 5.91 Å². The molecule has 61 heavy (non-hydrogen) atoms. The van der Waals surface area contributed by atoms with Crippen LogP contribution in [0.2, 0.25) is 0 Å². The monoisotopic (exact) mass is 877 g/mol. The summed E-state index contributed by atoms with van der Waals surface area (Å²) < 4.78 is 23.3. The molecule has 356 valence electrons. The van der Waals surface area contributed by atoms with Crippen molar-refractivity contribution >= 4 is 13.7 Å². The van der Waals surface area contributed by atoms with Crippen molar-refractivity contribution in [3.05, 3.63) is 60.8 Å². The fourth-order valence-corrected chi connectivity index (χ4v) is 7.79. The summed E-state index contributed by atoms with van der Waals surface area (Å²) in [5.74, 6) is -0.171. The molecule has 0 saturated carbocycles. The number of hydrogen-bond donors (Lipinski definition) is 2. The molecule has 0 radical (unpaired) electrons. The normalized spacial score (nSPS) is 14.7. The minimum atomic E-state index is -4.57. The smallest absolute Gasteiger partial charge is 0.268 e. The maximum atomic E-state index is 12.9. The number of unbranched alkanes of at least 4 members (excludes halogenated alkanes) is 22. The van der Waals surface area contributed by atoms with Crippen LogP contribution in [0.4, 0.5) is 0 Å². The lowest BCUT2D eigenvalue weighted by Crippen LogP contribution is -2.46. The zero-order valence-corrected chi connectivity index (χ0v) is 41.2. The van der Waals surface area contributed by atoms with Crippen molar-refractivity contribution in [2.75, 3.05) is 40.9 Å². The summed E-state index contributed by atoms with van der Waals surface area (Å²) in [6, 6.07) is -0.803. The maximum Gasteiger partial charge on any atom is 0.268 e. The second-order valence-corrected chi connectivity index (χ2v) is 19.6. The van der Waals surface area contributed by atoms with Crippen LogP contribution >= 0.6 is 7.82 Å². The largest absolute Gasteiger partial charge is 0.756 e. The molecule has 0 aliphatic heterocycles. The minimum Gasteiger partial charge on any atom is -0.756 e. The molecule has 9 heteroatoms. The third-order valence-electron chi connectivity index (χ3n) is 11.0. The van der Waals surface area contributed by atoms with E-state index in [1.807, 2.05) is 21.1 Å². The van der Waals surface area contributed by atoms with Crippen LogP contribution in [0, 0.1) is 0 Å². The Hall–Kier alpha value is -1.80. The van der Waals surface area contributed by atoms with Crippen molar-refractivity contribution in [3.8, 4) is 0 Å². The molecule has 0 saturated heterocycles. The molecular formula is C52H97N2O6P. The van der Waals surface area contributed by atoms with Gasteiger partial charge in [0.15, 0.2) is 0 Å². The Bertz CT molecular complexity index is 1180. The van der Waals surface area contributed by atoms with E-state index in [-0.39, 0.29) is 19.1 Å². The van der Waals surface area contributed by atoms with Crippen LogP contribution in [0.1, 0.15) is 213 Å². The Labute approximate surface area is 377 Å². The molecule has 0 aliphatic carbocycles. The van der Waals surface area contributed by atoms with Crippen LogP contribution in [-0.2, 0) is 18.4 Å². The lowest BCUT2D eigenvalue weighted by molar-refractivity contribution is -0.870. The Morgan fingerprint density at radius 1 is 0.590 bits per heavy atom. The average Bonchev–Trinajstić information content (AvgIpc) is 3.21. The molecule has 8 nitrogen and oxygen atoms in total. The predicted molar refractivity (Wildman–Crippen MR) is 261 cm³/mol. The summed E-state index contributed by atoms with van der Waals surface area (Å²) in [4.78, 5) is 25.4. The summed E-state index contributed by atoms with van der Waals surface area (Å²) in [5, 5.41) is 13.9. The number of allylic oxidation sites excluding steroid dienone is 10. The van der Waals surface area contributed by atoms with E-state index in [4.69, 9.17) is 9.05 Å². The molecule has 0 rings (SSSR count). The van der Waals surface area contributed by atoms with E-state index in [0.29, 0.717) is 23.9 Å². The molecule has 0 aliphatic rings. The second kappa shape index (κ2) is 43.5. The Kier molecular flexibility index (Phi) is 42.2. The van der Waals surface area contributed by atoms with Gasteiger partial charge >= 0.3 is 0 Å². The molecule has 0 fully saturated rings. The first-order valence-electron chi connectivity index (χ1n) is 25.1. The fourth-order valence-electron chi connectivity index (χ4n) is 7.07. The molecule has 3 unspecified atom stereocenters. The number of phosphoric acid groups is 1. The molecule has 0 aromatic rings. The van der Waals surface area contributed by atoms with Gasteiger partial charge in [-0.3, -0.25) is 9.36 Å². The highest BCUT2D eigenvalue weighted by atomic mass is 31.2. The van der Waals surface area contributed by atoms with E-state index in [9.17, 15) is 19.4 Å². The zero-order chi connectivity index (χ0) is 45.0. The Morgan fingerprint density at radius 2 is 1.00 bits per heavy atom. The van der Waals surface area contributed by atoms with E-state index in [1.54, 1.807) is 0 Å². The lowest BCUT2D eigenvalue weighted by Gasteiger charge is -2.30. The van der Waals surface area contributed by atoms with E-state index >= 15 is 0 Å². The SMILES string of the molecule is CC/C=C\C/C=C\C/C=C\C/C=C\C/C=C\CCCCCCCCCCCCCC(=O)NC(COP(=O)([O-])OCC[N+](C)(C)C)C(O)CCCCCCCCCCCCCC. The molecular weight excluding hydrogens is 780 g/mol. The highest BCUT2D eigenvalue weighted by Crippen LogP contribution is 2.38. The number of rotatable bonds is 45. The third kappa shape index (κ3) is 46.0. The summed E-state index contributed by atoms with van der Waals surface area (Å²) in [5.41, 5.74) is 0. The number of quaternary nitrogens is 1. The number of hydrogen-bond acceptors (Lipinski definition) is 6. The number of carbonyl (C=O) groups excluding carboxylic acids is 1. The van der Waals surface area contributed by atoms with Crippen LogP contribution in [-0.4, -0.2) is 68.5 Å². The van der Waals surface area contributed by atoms with E-state index in [0.717, 1.165) is 70.6 Å². The second-order valence-electron chi connectivity index (χ2n) is 18.1. The quantitative estimate of drug-likeness (QED) is 0.0273. The van der Waals surface area contributed by atoms with Gasteiger partial charge in [-0.2, -0.15) is 0 Å². The van der Waals surface area contributed by atoms with E-state index in [1.165, 1.54) is 116 Å². The molecule has 0 aromatic heterocycles. The predicted octanol–water partition coefficient (Wildman–Crippen LogP) is 14.0. The van der Waals surface area contributed by atoms with Gasteiger partial charge in [-0.15, -0.1) is 0 Å². The van der Waals surface area contributed by atoms with Crippen molar-refractivity contribution in [2.24, 2.45) is 0 Å². The Morgan fingerprint density at radius 3 is 1.46 bits per heavy atom. The molecule has 1 amide bonds. The van der Waals surface area contributed by atoms with Gasteiger partial charge in [0.25, 0.3) is 7.82 Å². The van der Waals surface area contributed by atoms with Crippen molar-refractivity contribution < 1.29 is 32.9 Å². The highest BCUT2D eigenvalue weighted by molar-refractivity contribution is 7.45. The molecule has 0 heterocycles. The van der Waals surface area contributed by atoms with Gasteiger partial charge in [0, 0.05) is 6.42 Å². The van der Waals surface area contributed by atoms with Crippen molar-refractivity contribution in [3.63, 3.8) is 0 Å². The van der Waals surface area contributed by atoms with Crippen LogP contribution in [0.5, 0.6) is 0 Å². The van der Waals surface area contributed by atoms with Crippen LogP contribution < -0.4 is 10.2 Å². The molecule has 0 spiro atoms. The van der Waals surface area contributed by atoms with Crippen molar-refractivity contribution in [1.29, 1.82) is 0 Å². The first kappa shape index (κ1) is 59.2. The molecule has 2 N–H and O–H groups in total. The van der Waals surface area contributed by atoms with Gasteiger partial charge in [-0.25, -0.2) is 0 Å². The van der Waals surface area contributed by atoms with Gasteiger partial charge in [-0.05, 0) is 57.8 Å². The number of aliphatic hydroxyl groups excluding tert-OH is 1. The van der Waals surface area contributed by atoms with E-state index in [2.05, 4.69) is 79.9 Å². The summed E-state index contributed by atoms with van der Waals surface area (Å²) in [7, 11) is 1.30.